The quantitative estimate of drug-likeness (QED) is 0.828. The maximum atomic E-state index is 5.56. The van der Waals surface area contributed by atoms with E-state index in [1.807, 2.05) is 6.07 Å². The molecule has 0 aromatic carbocycles. The third-order valence-corrected chi connectivity index (χ3v) is 2.45. The molecule has 2 heterocycles. The van der Waals surface area contributed by atoms with Crippen LogP contribution in [0.5, 0.6) is 11.6 Å². The van der Waals surface area contributed by atoms with Gasteiger partial charge in [-0.2, -0.15) is 0 Å². The number of rotatable bonds is 3. The fourth-order valence-electron chi connectivity index (χ4n) is 1.10. The number of halogens is 1. The Morgan fingerprint density at radius 1 is 1.57 bits per heavy atom. The van der Waals surface area contributed by atoms with E-state index in [1.54, 1.807) is 13.3 Å². The van der Waals surface area contributed by atoms with E-state index in [0.717, 1.165) is 10.2 Å². The number of ether oxygens (including phenoxy) is 3. The molecule has 1 aliphatic rings. The van der Waals surface area contributed by atoms with Gasteiger partial charge in [-0.3, -0.25) is 0 Å². The van der Waals surface area contributed by atoms with Gasteiger partial charge in [-0.25, -0.2) is 4.98 Å². The minimum atomic E-state index is 0.164. The molecule has 0 spiro atoms. The van der Waals surface area contributed by atoms with Crippen molar-refractivity contribution < 1.29 is 14.2 Å². The Morgan fingerprint density at radius 2 is 2.36 bits per heavy atom. The van der Waals surface area contributed by atoms with Crippen LogP contribution in [-0.4, -0.2) is 31.4 Å². The molecule has 5 heteroatoms. The summed E-state index contributed by atoms with van der Waals surface area (Å²) in [6, 6.07) is 1.84. The molecular weight excluding hydrogens is 250 g/mol. The molecule has 0 radical (unpaired) electrons. The summed E-state index contributed by atoms with van der Waals surface area (Å²) < 4.78 is 16.4. The predicted molar refractivity (Wildman–Crippen MR) is 53.7 cm³/mol. The van der Waals surface area contributed by atoms with Crippen LogP contribution in [-0.2, 0) is 4.74 Å². The zero-order valence-corrected chi connectivity index (χ0v) is 9.28. The molecule has 0 N–H and O–H groups in total. The largest absolute Gasteiger partial charge is 0.484 e. The van der Waals surface area contributed by atoms with Crippen molar-refractivity contribution in [1.82, 2.24) is 4.98 Å². The van der Waals surface area contributed by atoms with Crippen molar-refractivity contribution in [3.05, 3.63) is 16.7 Å². The molecule has 1 aromatic heterocycles. The van der Waals surface area contributed by atoms with Crippen molar-refractivity contribution in [2.45, 2.75) is 6.10 Å². The average Bonchev–Trinajstić information content (AvgIpc) is 2.12. The minimum Gasteiger partial charge on any atom is -0.484 e. The minimum absolute atomic E-state index is 0.164. The molecule has 0 bridgehead atoms. The highest BCUT2D eigenvalue weighted by Crippen LogP contribution is 2.27. The molecule has 0 amide bonds. The third-order valence-electron chi connectivity index (χ3n) is 1.89. The molecule has 1 saturated heterocycles. The molecule has 4 nitrogen and oxygen atoms in total. The smallest absolute Gasteiger partial charge is 0.227 e. The molecule has 1 aliphatic heterocycles. The Labute approximate surface area is 90.3 Å². The van der Waals surface area contributed by atoms with Crippen LogP contribution in [0.15, 0.2) is 16.7 Å². The van der Waals surface area contributed by atoms with E-state index in [-0.39, 0.29) is 6.10 Å². The number of pyridine rings is 1. The van der Waals surface area contributed by atoms with E-state index >= 15 is 0 Å². The molecule has 14 heavy (non-hydrogen) atoms. The van der Waals surface area contributed by atoms with Gasteiger partial charge >= 0.3 is 0 Å². The Balaban J connectivity index is 2.07. The lowest BCUT2D eigenvalue weighted by molar-refractivity contribution is -0.0798. The highest BCUT2D eigenvalue weighted by atomic mass is 79.9. The zero-order valence-electron chi connectivity index (χ0n) is 7.70. The van der Waals surface area contributed by atoms with Crippen LogP contribution in [0.25, 0.3) is 0 Å². The van der Waals surface area contributed by atoms with Crippen molar-refractivity contribution in [3.63, 3.8) is 0 Å². The fourth-order valence-corrected chi connectivity index (χ4v) is 1.59. The summed E-state index contributed by atoms with van der Waals surface area (Å²) in [6.45, 7) is 1.31. The number of nitrogens with zero attached hydrogens (tertiary/aromatic N) is 1. The molecule has 1 fully saturated rings. The topological polar surface area (TPSA) is 40.6 Å². The van der Waals surface area contributed by atoms with Crippen LogP contribution < -0.4 is 9.47 Å². The highest BCUT2D eigenvalue weighted by molar-refractivity contribution is 9.10. The summed E-state index contributed by atoms with van der Waals surface area (Å²) in [6.07, 6.45) is 1.80. The van der Waals surface area contributed by atoms with Gasteiger partial charge in [0.1, 0.15) is 11.9 Å². The van der Waals surface area contributed by atoms with Gasteiger partial charge in [0.15, 0.2) is 0 Å². The molecule has 76 valence electrons. The van der Waals surface area contributed by atoms with Gasteiger partial charge in [-0.1, -0.05) is 0 Å². The molecule has 0 saturated carbocycles. The van der Waals surface area contributed by atoms with Gasteiger partial charge in [0.05, 0.1) is 31.0 Å². The van der Waals surface area contributed by atoms with Crippen molar-refractivity contribution in [2.24, 2.45) is 0 Å². The molecule has 0 atom stereocenters. The van der Waals surface area contributed by atoms with Crippen molar-refractivity contribution in [2.75, 3.05) is 20.3 Å². The summed E-state index contributed by atoms with van der Waals surface area (Å²) >= 11 is 3.34. The van der Waals surface area contributed by atoms with Crippen LogP contribution in [0.4, 0.5) is 0 Å². The van der Waals surface area contributed by atoms with Crippen LogP contribution in [0.3, 0.4) is 0 Å². The molecular formula is C9H10BrNO3. The maximum Gasteiger partial charge on any atom is 0.227 e. The zero-order chi connectivity index (χ0) is 9.97. The molecule has 2 rings (SSSR count). The number of hydrogen-bond donors (Lipinski definition) is 0. The van der Waals surface area contributed by atoms with Crippen LogP contribution in [0.1, 0.15) is 0 Å². The lowest BCUT2D eigenvalue weighted by atomic mass is 10.3. The first-order chi connectivity index (χ1) is 6.79. The first kappa shape index (κ1) is 9.73. The van der Waals surface area contributed by atoms with E-state index in [4.69, 9.17) is 14.2 Å². The van der Waals surface area contributed by atoms with E-state index < -0.39 is 0 Å². The summed E-state index contributed by atoms with van der Waals surface area (Å²) in [5.41, 5.74) is 0. The van der Waals surface area contributed by atoms with Crippen molar-refractivity contribution in [3.8, 4) is 11.6 Å². The van der Waals surface area contributed by atoms with E-state index in [1.165, 1.54) is 0 Å². The van der Waals surface area contributed by atoms with Crippen LogP contribution >= 0.6 is 15.9 Å². The summed E-state index contributed by atoms with van der Waals surface area (Å²) in [5.74, 6) is 1.29. The van der Waals surface area contributed by atoms with Gasteiger partial charge in [0, 0.05) is 6.07 Å². The Kier molecular flexibility index (Phi) is 2.88. The standard InChI is InChI=1S/C9H10BrNO3/c1-12-9-8(10)2-6(3-11-9)14-7-4-13-5-7/h2-3,7H,4-5H2,1H3. The van der Waals surface area contributed by atoms with Gasteiger partial charge in [0.25, 0.3) is 0 Å². The third kappa shape index (κ3) is 1.99. The first-order valence-electron chi connectivity index (χ1n) is 4.23. The second kappa shape index (κ2) is 4.14. The normalized spacial score (nSPS) is 16.1. The van der Waals surface area contributed by atoms with Gasteiger partial charge in [0.2, 0.25) is 5.88 Å². The Hall–Kier alpha value is -0.810. The fraction of sp³-hybridized carbons (Fsp3) is 0.444. The second-order valence-corrected chi connectivity index (χ2v) is 3.79. The second-order valence-electron chi connectivity index (χ2n) is 2.94. The average molecular weight is 260 g/mol. The van der Waals surface area contributed by atoms with Gasteiger partial charge in [-0.15, -0.1) is 0 Å². The number of aromatic nitrogens is 1. The molecule has 1 aromatic rings. The predicted octanol–water partition coefficient (Wildman–Crippen LogP) is 1.63. The Bertz CT molecular complexity index is 328. The monoisotopic (exact) mass is 259 g/mol. The molecule has 0 unspecified atom stereocenters. The Morgan fingerprint density at radius 3 is 2.86 bits per heavy atom. The van der Waals surface area contributed by atoms with Crippen LogP contribution in [0.2, 0.25) is 0 Å². The van der Waals surface area contributed by atoms with Crippen LogP contribution in [0, 0.1) is 0 Å². The van der Waals surface area contributed by atoms with Gasteiger partial charge in [-0.05, 0) is 15.9 Å². The van der Waals surface area contributed by atoms with Crippen molar-refractivity contribution in [1.29, 1.82) is 0 Å². The van der Waals surface area contributed by atoms with E-state index in [2.05, 4.69) is 20.9 Å². The first-order valence-corrected chi connectivity index (χ1v) is 5.03. The summed E-state index contributed by atoms with van der Waals surface area (Å²) in [4.78, 5) is 4.07. The summed E-state index contributed by atoms with van der Waals surface area (Å²) in [5, 5.41) is 0. The SMILES string of the molecule is COc1ncc(OC2COC2)cc1Br. The van der Waals surface area contributed by atoms with E-state index in [0.29, 0.717) is 19.1 Å². The summed E-state index contributed by atoms with van der Waals surface area (Å²) in [7, 11) is 1.58. The van der Waals surface area contributed by atoms with Crippen molar-refractivity contribution >= 4 is 15.9 Å². The lowest BCUT2D eigenvalue weighted by Crippen LogP contribution is -2.38. The van der Waals surface area contributed by atoms with E-state index in [9.17, 15) is 0 Å². The molecule has 0 aliphatic carbocycles. The lowest BCUT2D eigenvalue weighted by Gasteiger charge is -2.26. The van der Waals surface area contributed by atoms with Gasteiger partial charge < -0.3 is 14.2 Å². The highest BCUT2D eigenvalue weighted by Gasteiger charge is 2.20. The number of methoxy groups -OCH3 is 1. The number of hydrogen-bond acceptors (Lipinski definition) is 4. The maximum absolute atomic E-state index is 5.56.